The molecule has 1 aliphatic heterocycles. The van der Waals surface area contributed by atoms with Crippen LogP contribution in [0.25, 0.3) is 0 Å². The number of hydrogen-bond donors (Lipinski definition) is 4. The molecule has 0 aromatic heterocycles. The van der Waals surface area contributed by atoms with Crippen LogP contribution < -0.4 is 20.7 Å². The maximum Gasteiger partial charge on any atom is 0.255 e. The first-order valence-electron chi connectivity index (χ1n) is 12.2. The fourth-order valence-electron chi connectivity index (χ4n) is 3.95. The Balaban J connectivity index is 1.84. The van der Waals surface area contributed by atoms with E-state index in [0.29, 0.717) is 0 Å². The quantitative estimate of drug-likeness (QED) is 0.452. The Labute approximate surface area is 220 Å². The van der Waals surface area contributed by atoms with E-state index in [1.807, 2.05) is 13.8 Å². The Morgan fingerprint density at radius 2 is 1.82 bits per heavy atom. The minimum absolute atomic E-state index is 0.0566. The van der Waals surface area contributed by atoms with Crippen molar-refractivity contribution in [3.05, 3.63) is 65.5 Å². The molecule has 0 saturated carbocycles. The number of ether oxygens (including phenoxy) is 1. The van der Waals surface area contributed by atoms with Crippen LogP contribution in [0.4, 0.5) is 4.39 Å². The number of aliphatic hydroxyl groups excluding tert-OH is 1. The molecule has 0 radical (unpaired) electrons. The summed E-state index contributed by atoms with van der Waals surface area (Å²) in [6.07, 6.45) is -0.481. The smallest absolute Gasteiger partial charge is 0.255 e. The van der Waals surface area contributed by atoms with Crippen LogP contribution in [0.1, 0.15) is 36.2 Å². The van der Waals surface area contributed by atoms with E-state index in [-0.39, 0.29) is 36.8 Å². The molecule has 4 amide bonds. The lowest BCUT2D eigenvalue weighted by molar-refractivity contribution is -0.137. The molecule has 3 rings (SSSR count). The summed E-state index contributed by atoms with van der Waals surface area (Å²) >= 11 is 0. The molecule has 0 fully saturated rings. The van der Waals surface area contributed by atoms with Crippen LogP contribution in [0.5, 0.6) is 5.75 Å². The number of rotatable bonds is 5. The number of likely N-dealkylation sites (N-methyl/N-ethyl adjacent to an activating group) is 1. The standard InChI is InChI=1S/C27H33FN4O6/c1-27(2,17-8-10-18(28)11-9-17)16-29-25(36)20-14-23(34)30-21(15-33)26(37)32(3)12-13-38-22-7-5-4-6-19(22)24(35)31-20/h4-11,20-21,33H,12-16H2,1-3H3,(H,29,36)(H,30,34)(H,31,35)/t20-,21-/m0/s1. The molecule has 0 spiro atoms. The van der Waals surface area contributed by atoms with Crippen molar-refractivity contribution in [3.63, 3.8) is 0 Å². The lowest BCUT2D eigenvalue weighted by Crippen LogP contribution is -2.54. The lowest BCUT2D eigenvalue weighted by Gasteiger charge is -2.28. The van der Waals surface area contributed by atoms with Crippen molar-refractivity contribution in [2.45, 2.75) is 37.8 Å². The number of carbonyl (C=O) groups excluding carboxylic acids is 4. The largest absolute Gasteiger partial charge is 0.491 e. The highest BCUT2D eigenvalue weighted by Gasteiger charge is 2.31. The molecule has 1 aliphatic rings. The number of amides is 4. The Bertz CT molecular complexity index is 1170. The molecule has 0 saturated heterocycles. The van der Waals surface area contributed by atoms with E-state index in [2.05, 4.69) is 16.0 Å². The van der Waals surface area contributed by atoms with Crippen LogP contribution in [0.15, 0.2) is 48.5 Å². The molecule has 10 nitrogen and oxygen atoms in total. The zero-order chi connectivity index (χ0) is 27.9. The second-order valence-electron chi connectivity index (χ2n) is 9.75. The molecule has 0 bridgehead atoms. The topological polar surface area (TPSA) is 137 Å². The van der Waals surface area contributed by atoms with Gasteiger partial charge in [-0.3, -0.25) is 19.2 Å². The summed E-state index contributed by atoms with van der Waals surface area (Å²) in [4.78, 5) is 53.2. The van der Waals surface area contributed by atoms with E-state index < -0.39 is 54.2 Å². The van der Waals surface area contributed by atoms with Gasteiger partial charge in [-0.15, -0.1) is 0 Å². The zero-order valence-electron chi connectivity index (χ0n) is 21.6. The number of hydrogen-bond acceptors (Lipinski definition) is 6. The van der Waals surface area contributed by atoms with Crippen molar-refractivity contribution in [1.82, 2.24) is 20.9 Å². The van der Waals surface area contributed by atoms with E-state index in [4.69, 9.17) is 4.74 Å². The van der Waals surface area contributed by atoms with Gasteiger partial charge in [0.15, 0.2) is 0 Å². The number of halogens is 1. The minimum Gasteiger partial charge on any atom is -0.491 e. The summed E-state index contributed by atoms with van der Waals surface area (Å²) in [5, 5.41) is 17.5. The number of fused-ring (bicyclic) bond motifs is 1. The second-order valence-corrected chi connectivity index (χ2v) is 9.75. The van der Waals surface area contributed by atoms with Gasteiger partial charge in [-0.05, 0) is 29.8 Å². The van der Waals surface area contributed by atoms with Gasteiger partial charge < -0.3 is 30.7 Å². The van der Waals surface area contributed by atoms with Gasteiger partial charge in [0.1, 0.15) is 30.3 Å². The third-order valence-corrected chi connectivity index (χ3v) is 6.35. The van der Waals surface area contributed by atoms with E-state index in [1.54, 1.807) is 30.3 Å². The maximum atomic E-state index is 13.3. The van der Waals surface area contributed by atoms with Crippen molar-refractivity contribution in [2.24, 2.45) is 0 Å². The molecule has 2 aromatic rings. The van der Waals surface area contributed by atoms with Crippen molar-refractivity contribution < 1.29 is 33.4 Å². The second kappa shape index (κ2) is 12.5. The van der Waals surface area contributed by atoms with Gasteiger partial charge in [-0.25, -0.2) is 4.39 Å². The van der Waals surface area contributed by atoms with Gasteiger partial charge in [-0.1, -0.05) is 38.1 Å². The first-order valence-corrected chi connectivity index (χ1v) is 12.2. The monoisotopic (exact) mass is 528 g/mol. The van der Waals surface area contributed by atoms with Gasteiger partial charge in [-0.2, -0.15) is 0 Å². The van der Waals surface area contributed by atoms with E-state index >= 15 is 0 Å². The Morgan fingerprint density at radius 3 is 2.50 bits per heavy atom. The van der Waals surface area contributed by atoms with Gasteiger partial charge >= 0.3 is 0 Å². The van der Waals surface area contributed by atoms with Crippen LogP contribution in [0, 0.1) is 5.82 Å². The Morgan fingerprint density at radius 1 is 1.13 bits per heavy atom. The molecule has 204 valence electrons. The van der Waals surface area contributed by atoms with Crippen LogP contribution in [-0.2, 0) is 19.8 Å². The lowest BCUT2D eigenvalue weighted by atomic mass is 9.84. The van der Waals surface area contributed by atoms with Crippen LogP contribution >= 0.6 is 0 Å². The highest BCUT2D eigenvalue weighted by molar-refractivity contribution is 6.01. The fraction of sp³-hybridized carbons (Fsp3) is 0.407. The van der Waals surface area contributed by atoms with Gasteiger partial charge in [0.25, 0.3) is 5.91 Å². The summed E-state index contributed by atoms with van der Waals surface area (Å²) in [5.41, 5.74) is 0.361. The third-order valence-electron chi connectivity index (χ3n) is 6.35. The predicted octanol–water partition coefficient (Wildman–Crippen LogP) is 0.736. The number of carbonyl (C=O) groups is 4. The molecular formula is C27H33FN4O6. The van der Waals surface area contributed by atoms with Crippen LogP contribution in [0.3, 0.4) is 0 Å². The maximum absolute atomic E-state index is 13.3. The molecule has 4 N–H and O–H groups in total. The van der Waals surface area contributed by atoms with Crippen LogP contribution in [0.2, 0.25) is 0 Å². The van der Waals surface area contributed by atoms with Gasteiger partial charge in [0.05, 0.1) is 25.1 Å². The molecule has 38 heavy (non-hydrogen) atoms. The summed E-state index contributed by atoms with van der Waals surface area (Å²) in [6, 6.07) is 9.82. The molecule has 0 unspecified atom stereocenters. The molecule has 0 aliphatic carbocycles. The number of para-hydroxylation sites is 1. The number of benzene rings is 2. The van der Waals surface area contributed by atoms with Crippen molar-refractivity contribution in [1.29, 1.82) is 0 Å². The normalized spacial score (nSPS) is 19.4. The average molecular weight is 529 g/mol. The number of nitrogens with one attached hydrogen (secondary N) is 3. The average Bonchev–Trinajstić information content (AvgIpc) is 2.89. The van der Waals surface area contributed by atoms with Crippen molar-refractivity contribution in [3.8, 4) is 5.75 Å². The van der Waals surface area contributed by atoms with E-state index in [1.165, 1.54) is 30.1 Å². The van der Waals surface area contributed by atoms with Crippen molar-refractivity contribution in [2.75, 3.05) is 33.4 Å². The summed E-state index contributed by atoms with van der Waals surface area (Å²) in [5.74, 6) is -2.60. The molecule has 2 atom stereocenters. The molecule has 1 heterocycles. The molecular weight excluding hydrogens is 495 g/mol. The molecule has 11 heteroatoms. The summed E-state index contributed by atoms with van der Waals surface area (Å²) in [6.45, 7) is 3.42. The fourth-order valence-corrected chi connectivity index (χ4v) is 3.95. The van der Waals surface area contributed by atoms with Gasteiger partial charge in [0.2, 0.25) is 17.7 Å². The third kappa shape index (κ3) is 7.28. The SMILES string of the molecule is CN1CCOc2ccccc2C(=O)N[C@H](C(=O)NCC(C)(C)c2ccc(F)cc2)CC(=O)N[C@@H](CO)C1=O. The zero-order valence-corrected chi connectivity index (χ0v) is 21.6. The van der Waals surface area contributed by atoms with Crippen LogP contribution in [-0.4, -0.2) is 79.1 Å². The molecule has 2 aromatic carbocycles. The summed E-state index contributed by atoms with van der Waals surface area (Å²) in [7, 11) is 1.50. The first kappa shape index (κ1) is 28.6. The number of nitrogens with zero attached hydrogens (tertiary/aromatic N) is 1. The minimum atomic E-state index is -1.30. The highest BCUT2D eigenvalue weighted by atomic mass is 19.1. The van der Waals surface area contributed by atoms with Gasteiger partial charge in [0, 0.05) is 19.0 Å². The van der Waals surface area contributed by atoms with E-state index in [9.17, 15) is 28.7 Å². The predicted molar refractivity (Wildman–Crippen MR) is 137 cm³/mol. The first-order chi connectivity index (χ1) is 18.0. The highest BCUT2D eigenvalue weighted by Crippen LogP contribution is 2.23. The Hall–Kier alpha value is -3.99. The van der Waals surface area contributed by atoms with Crippen molar-refractivity contribution >= 4 is 23.6 Å². The van der Waals surface area contributed by atoms with E-state index in [0.717, 1.165) is 5.56 Å². The number of aliphatic hydroxyl groups is 1. The summed E-state index contributed by atoms with van der Waals surface area (Å²) < 4.78 is 19.1. The Kier molecular flexibility index (Phi) is 9.40.